The van der Waals surface area contributed by atoms with Crippen molar-refractivity contribution >= 4 is 40.1 Å². The van der Waals surface area contributed by atoms with Crippen molar-refractivity contribution in [1.29, 1.82) is 0 Å². The van der Waals surface area contributed by atoms with Crippen molar-refractivity contribution in [2.24, 2.45) is 0 Å². The first-order chi connectivity index (χ1) is 14.4. The van der Waals surface area contributed by atoms with E-state index in [1.54, 1.807) is 37.4 Å². The highest BCUT2D eigenvalue weighted by Gasteiger charge is 2.64. The number of amides is 2. The maximum atomic E-state index is 13.7. The van der Waals surface area contributed by atoms with Crippen LogP contribution in [0.15, 0.2) is 51.7 Å². The SMILES string of the molecule is COCCN1C(=O)c2oc3ccc(Cl)cc3c(=O)c2C12C(=O)N(C)c1ccccc12. The van der Waals surface area contributed by atoms with Gasteiger partial charge in [0.25, 0.3) is 11.8 Å². The van der Waals surface area contributed by atoms with Crippen LogP contribution in [0.5, 0.6) is 0 Å². The third kappa shape index (κ3) is 2.16. The van der Waals surface area contributed by atoms with Crippen molar-refractivity contribution in [3.8, 4) is 0 Å². The summed E-state index contributed by atoms with van der Waals surface area (Å²) < 4.78 is 11.1. The van der Waals surface area contributed by atoms with Gasteiger partial charge in [0.05, 0.1) is 17.6 Å². The minimum absolute atomic E-state index is 0.0279. The van der Waals surface area contributed by atoms with Crippen LogP contribution in [-0.4, -0.2) is 44.0 Å². The lowest BCUT2D eigenvalue weighted by atomic mass is 9.84. The van der Waals surface area contributed by atoms with E-state index in [1.165, 1.54) is 23.0 Å². The summed E-state index contributed by atoms with van der Waals surface area (Å²) in [5.74, 6) is -1.03. The predicted octanol–water partition coefficient (Wildman–Crippen LogP) is 2.77. The van der Waals surface area contributed by atoms with Crippen LogP contribution >= 0.6 is 11.6 Å². The highest BCUT2D eigenvalue weighted by atomic mass is 35.5. The molecule has 0 fully saturated rings. The predicted molar refractivity (Wildman–Crippen MR) is 111 cm³/mol. The van der Waals surface area contributed by atoms with Crippen molar-refractivity contribution < 1.29 is 18.7 Å². The van der Waals surface area contributed by atoms with Crippen molar-refractivity contribution in [2.75, 3.05) is 32.2 Å². The van der Waals surface area contributed by atoms with Gasteiger partial charge in [-0.25, -0.2) is 0 Å². The average Bonchev–Trinajstić information content (AvgIpc) is 3.12. The number of rotatable bonds is 3. The molecule has 0 saturated carbocycles. The molecule has 1 unspecified atom stereocenters. The monoisotopic (exact) mass is 424 g/mol. The summed E-state index contributed by atoms with van der Waals surface area (Å²) in [5, 5.41) is 0.585. The molecule has 0 N–H and O–H groups in total. The maximum Gasteiger partial charge on any atom is 0.291 e. The summed E-state index contributed by atoms with van der Waals surface area (Å²) in [6, 6.07) is 11.8. The molecular weight excluding hydrogens is 408 g/mol. The molecule has 2 aliphatic heterocycles. The standard InChI is InChI=1S/C22H17ClN2O5/c1-24-15-6-4-3-5-14(15)22(21(24)28)17-18(26)13-11-12(23)7-8-16(13)30-19(17)20(27)25(22)9-10-29-2/h3-8,11H,9-10H2,1-2H3. The molecule has 0 radical (unpaired) electrons. The number of ether oxygens (including phenoxy) is 1. The summed E-state index contributed by atoms with van der Waals surface area (Å²) >= 11 is 6.10. The number of likely N-dealkylation sites (N-methyl/N-ethyl adjacent to an activating group) is 1. The van der Waals surface area contributed by atoms with Gasteiger partial charge in [0, 0.05) is 37.0 Å². The Kier molecular flexibility index (Phi) is 4.03. The molecule has 1 spiro atoms. The topological polar surface area (TPSA) is 80.1 Å². The molecule has 2 aliphatic rings. The summed E-state index contributed by atoms with van der Waals surface area (Å²) in [6.07, 6.45) is 0. The number of nitrogens with zero attached hydrogens (tertiary/aromatic N) is 2. The Bertz CT molecular complexity index is 1300. The third-order valence-electron chi connectivity index (χ3n) is 5.85. The van der Waals surface area contributed by atoms with Crippen molar-refractivity contribution in [3.05, 3.63) is 74.6 Å². The zero-order valence-electron chi connectivity index (χ0n) is 16.3. The first kappa shape index (κ1) is 18.8. The van der Waals surface area contributed by atoms with Crippen LogP contribution < -0.4 is 10.3 Å². The number of hydrogen-bond donors (Lipinski definition) is 0. The van der Waals surface area contributed by atoms with E-state index in [-0.39, 0.29) is 41.4 Å². The smallest absolute Gasteiger partial charge is 0.291 e. The van der Waals surface area contributed by atoms with Crippen LogP contribution in [0.4, 0.5) is 5.69 Å². The van der Waals surface area contributed by atoms with Crippen molar-refractivity contribution in [1.82, 2.24) is 4.90 Å². The van der Waals surface area contributed by atoms with E-state index < -0.39 is 16.9 Å². The molecular formula is C22H17ClN2O5. The second-order valence-electron chi connectivity index (χ2n) is 7.32. The number of para-hydroxylation sites is 1. The molecule has 0 saturated heterocycles. The third-order valence-corrected chi connectivity index (χ3v) is 6.08. The first-order valence-electron chi connectivity index (χ1n) is 9.38. The van der Waals surface area contributed by atoms with E-state index in [0.29, 0.717) is 16.3 Å². The van der Waals surface area contributed by atoms with Crippen LogP contribution in [-0.2, 0) is 15.1 Å². The van der Waals surface area contributed by atoms with Gasteiger partial charge in [-0.3, -0.25) is 14.4 Å². The van der Waals surface area contributed by atoms with E-state index in [2.05, 4.69) is 0 Å². The van der Waals surface area contributed by atoms with Crippen LogP contribution in [0.25, 0.3) is 11.0 Å². The molecule has 8 heteroatoms. The molecule has 2 amide bonds. The average molecular weight is 425 g/mol. The largest absolute Gasteiger partial charge is 0.450 e. The Morgan fingerprint density at radius 1 is 1.13 bits per heavy atom. The lowest BCUT2D eigenvalue weighted by molar-refractivity contribution is -0.126. The molecule has 1 aromatic heterocycles. The van der Waals surface area contributed by atoms with Gasteiger partial charge in [-0.1, -0.05) is 29.8 Å². The lowest BCUT2D eigenvalue weighted by Crippen LogP contribution is -2.53. The Balaban J connectivity index is 1.93. The second-order valence-corrected chi connectivity index (χ2v) is 7.75. The fourth-order valence-electron chi connectivity index (χ4n) is 4.55. The molecule has 30 heavy (non-hydrogen) atoms. The van der Waals surface area contributed by atoms with Crippen LogP contribution in [0, 0.1) is 0 Å². The summed E-state index contributed by atoms with van der Waals surface area (Å²) in [7, 11) is 3.14. The van der Waals surface area contributed by atoms with Crippen LogP contribution in [0.3, 0.4) is 0 Å². The number of fused-ring (bicyclic) bond motifs is 5. The Morgan fingerprint density at radius 3 is 2.67 bits per heavy atom. The number of carbonyl (C=O) groups is 2. The molecule has 3 heterocycles. The molecule has 0 aliphatic carbocycles. The van der Waals surface area contributed by atoms with Gasteiger partial charge in [-0.05, 0) is 24.3 Å². The Labute approximate surface area is 176 Å². The minimum Gasteiger partial charge on any atom is -0.450 e. The summed E-state index contributed by atoms with van der Waals surface area (Å²) in [6.45, 7) is 0.310. The number of methoxy groups -OCH3 is 1. The number of hydrogen-bond acceptors (Lipinski definition) is 5. The molecule has 5 rings (SSSR count). The van der Waals surface area contributed by atoms with Crippen molar-refractivity contribution in [2.45, 2.75) is 5.54 Å². The number of carbonyl (C=O) groups excluding carboxylic acids is 2. The lowest BCUT2D eigenvalue weighted by Gasteiger charge is -2.33. The van der Waals surface area contributed by atoms with E-state index >= 15 is 0 Å². The number of anilines is 1. The minimum atomic E-state index is -1.60. The second kappa shape index (κ2) is 6.42. The van der Waals surface area contributed by atoms with Crippen LogP contribution in [0.2, 0.25) is 5.02 Å². The van der Waals surface area contributed by atoms with Crippen LogP contribution in [0.1, 0.15) is 21.7 Å². The molecule has 1 atom stereocenters. The highest BCUT2D eigenvalue weighted by molar-refractivity contribution is 6.31. The fourth-order valence-corrected chi connectivity index (χ4v) is 4.72. The number of benzene rings is 2. The Hall–Kier alpha value is -3.16. The quantitative estimate of drug-likeness (QED) is 0.646. The molecule has 0 bridgehead atoms. The van der Waals surface area contributed by atoms with Gasteiger partial charge in [0.2, 0.25) is 5.76 Å². The molecule has 2 aromatic carbocycles. The highest BCUT2D eigenvalue weighted by Crippen LogP contribution is 2.51. The zero-order chi connectivity index (χ0) is 21.2. The van der Waals surface area contributed by atoms with E-state index in [0.717, 1.165) is 0 Å². The van der Waals surface area contributed by atoms with Gasteiger partial charge >= 0.3 is 0 Å². The summed E-state index contributed by atoms with van der Waals surface area (Å²) in [4.78, 5) is 43.7. The summed E-state index contributed by atoms with van der Waals surface area (Å²) in [5.41, 5.74) is -0.577. The zero-order valence-corrected chi connectivity index (χ0v) is 17.0. The van der Waals surface area contributed by atoms with E-state index in [9.17, 15) is 14.4 Å². The Morgan fingerprint density at radius 2 is 1.90 bits per heavy atom. The number of halogens is 1. The van der Waals surface area contributed by atoms with Gasteiger partial charge in [0.15, 0.2) is 11.0 Å². The fraction of sp³-hybridized carbons (Fsp3) is 0.227. The van der Waals surface area contributed by atoms with E-state index in [4.69, 9.17) is 20.8 Å². The van der Waals surface area contributed by atoms with E-state index in [1.807, 2.05) is 6.07 Å². The van der Waals surface area contributed by atoms with Gasteiger partial charge in [-0.2, -0.15) is 0 Å². The van der Waals surface area contributed by atoms with Gasteiger partial charge in [0.1, 0.15) is 5.58 Å². The normalized spacial score (nSPS) is 19.8. The van der Waals surface area contributed by atoms with Gasteiger partial charge < -0.3 is 19.0 Å². The first-order valence-corrected chi connectivity index (χ1v) is 9.76. The maximum absolute atomic E-state index is 13.7. The van der Waals surface area contributed by atoms with Gasteiger partial charge in [-0.15, -0.1) is 0 Å². The molecule has 3 aromatic rings. The molecule has 7 nitrogen and oxygen atoms in total. The van der Waals surface area contributed by atoms with Crippen molar-refractivity contribution in [3.63, 3.8) is 0 Å². The molecule has 152 valence electrons.